The summed E-state index contributed by atoms with van der Waals surface area (Å²) in [5, 5.41) is 7.31. The van der Waals surface area contributed by atoms with E-state index in [1.807, 2.05) is 6.92 Å². The Morgan fingerprint density at radius 1 is 1.36 bits per heavy atom. The Balaban J connectivity index is 3.74. The zero-order chi connectivity index (χ0) is 11.1. The second-order valence-corrected chi connectivity index (χ2v) is 4.47. The highest BCUT2D eigenvalue weighted by Crippen LogP contribution is 2.07. The first-order valence-corrected chi connectivity index (χ1v) is 5.49. The summed E-state index contributed by atoms with van der Waals surface area (Å²) in [6.07, 6.45) is 2.52. The predicted molar refractivity (Wildman–Crippen MR) is 62.6 cm³/mol. The first-order chi connectivity index (χ1) is 6.47. The molecule has 0 radical (unpaired) electrons. The van der Waals surface area contributed by atoms with Crippen LogP contribution >= 0.6 is 0 Å². The van der Waals surface area contributed by atoms with Crippen LogP contribution in [0, 0.1) is 17.2 Å². The molecule has 0 aromatic rings. The molecule has 0 fully saturated rings. The average molecular weight is 199 g/mol. The van der Waals surface area contributed by atoms with Crippen LogP contribution in [0.4, 0.5) is 0 Å². The number of hydrogen-bond donors (Lipinski definition) is 2. The monoisotopic (exact) mass is 199 g/mol. The van der Waals surface area contributed by atoms with Crippen molar-refractivity contribution in [1.29, 1.82) is 5.41 Å². The van der Waals surface area contributed by atoms with Crippen LogP contribution in [0.5, 0.6) is 0 Å². The first-order valence-electron chi connectivity index (χ1n) is 5.49. The van der Waals surface area contributed by atoms with Crippen molar-refractivity contribution in [3.05, 3.63) is 0 Å². The standard InChI is InChI=1S/C11H25N3/c1-5-6-9(2)7-14(4)8-10(3)11(12)13/h9-10H,5-8H2,1-4H3,(H3,12,13). The Kier molecular flexibility index (Phi) is 6.54. The van der Waals surface area contributed by atoms with Gasteiger partial charge in [0, 0.05) is 19.0 Å². The summed E-state index contributed by atoms with van der Waals surface area (Å²) >= 11 is 0. The average Bonchev–Trinajstić information content (AvgIpc) is 2.03. The number of hydrogen-bond acceptors (Lipinski definition) is 2. The van der Waals surface area contributed by atoms with Gasteiger partial charge in [-0.2, -0.15) is 0 Å². The van der Waals surface area contributed by atoms with Crippen LogP contribution < -0.4 is 5.73 Å². The van der Waals surface area contributed by atoms with Gasteiger partial charge in [-0.05, 0) is 19.4 Å². The molecular formula is C11H25N3. The van der Waals surface area contributed by atoms with Crippen molar-refractivity contribution in [1.82, 2.24) is 4.90 Å². The van der Waals surface area contributed by atoms with Gasteiger partial charge in [-0.1, -0.05) is 27.2 Å². The second kappa shape index (κ2) is 6.82. The Morgan fingerprint density at radius 3 is 2.36 bits per heavy atom. The van der Waals surface area contributed by atoms with Gasteiger partial charge >= 0.3 is 0 Å². The van der Waals surface area contributed by atoms with Gasteiger partial charge in [-0.25, -0.2) is 0 Å². The Morgan fingerprint density at radius 2 is 1.93 bits per heavy atom. The fraction of sp³-hybridized carbons (Fsp3) is 0.909. The SMILES string of the molecule is CCCC(C)CN(C)CC(C)C(=N)N. The van der Waals surface area contributed by atoms with E-state index in [0.29, 0.717) is 5.84 Å². The van der Waals surface area contributed by atoms with Crippen molar-refractivity contribution in [3.63, 3.8) is 0 Å². The van der Waals surface area contributed by atoms with Crippen molar-refractivity contribution in [2.24, 2.45) is 17.6 Å². The minimum Gasteiger partial charge on any atom is -0.387 e. The van der Waals surface area contributed by atoms with E-state index < -0.39 is 0 Å². The molecule has 3 heteroatoms. The zero-order valence-electron chi connectivity index (χ0n) is 10.0. The molecule has 84 valence electrons. The largest absolute Gasteiger partial charge is 0.387 e. The van der Waals surface area contributed by atoms with Gasteiger partial charge < -0.3 is 10.6 Å². The molecule has 0 aliphatic carbocycles. The van der Waals surface area contributed by atoms with E-state index in [1.54, 1.807) is 0 Å². The molecule has 0 saturated carbocycles. The summed E-state index contributed by atoms with van der Waals surface area (Å²) in [4.78, 5) is 2.27. The summed E-state index contributed by atoms with van der Waals surface area (Å²) in [6, 6.07) is 0. The van der Waals surface area contributed by atoms with E-state index in [4.69, 9.17) is 11.1 Å². The third-order valence-electron chi connectivity index (χ3n) is 2.52. The molecule has 0 aliphatic rings. The van der Waals surface area contributed by atoms with Crippen LogP contribution in [0.25, 0.3) is 0 Å². The lowest BCUT2D eigenvalue weighted by molar-refractivity contribution is 0.263. The van der Waals surface area contributed by atoms with Crippen molar-refractivity contribution in [3.8, 4) is 0 Å². The highest BCUT2D eigenvalue weighted by atomic mass is 15.1. The fourth-order valence-electron chi connectivity index (χ4n) is 1.76. The number of nitrogens with zero attached hydrogens (tertiary/aromatic N) is 1. The summed E-state index contributed by atoms with van der Waals surface area (Å²) < 4.78 is 0. The van der Waals surface area contributed by atoms with Crippen LogP contribution in [0.15, 0.2) is 0 Å². The smallest absolute Gasteiger partial charge is 0.0947 e. The third kappa shape index (κ3) is 5.97. The zero-order valence-corrected chi connectivity index (χ0v) is 10.0. The molecular weight excluding hydrogens is 174 g/mol. The molecule has 2 atom stereocenters. The Bertz CT molecular complexity index is 168. The molecule has 2 unspecified atom stereocenters. The Labute approximate surface area is 88.2 Å². The molecule has 0 bridgehead atoms. The maximum Gasteiger partial charge on any atom is 0.0947 e. The van der Waals surface area contributed by atoms with Gasteiger partial charge in [0.25, 0.3) is 0 Å². The normalized spacial score (nSPS) is 15.5. The third-order valence-corrected chi connectivity index (χ3v) is 2.52. The van der Waals surface area contributed by atoms with E-state index in [0.717, 1.165) is 19.0 Å². The molecule has 0 aromatic heterocycles. The van der Waals surface area contributed by atoms with Gasteiger partial charge in [0.15, 0.2) is 0 Å². The summed E-state index contributed by atoms with van der Waals surface area (Å²) in [5.74, 6) is 1.21. The summed E-state index contributed by atoms with van der Waals surface area (Å²) in [6.45, 7) is 8.49. The minimum absolute atomic E-state index is 0.175. The van der Waals surface area contributed by atoms with Crippen LogP contribution in [-0.2, 0) is 0 Å². The quantitative estimate of drug-likeness (QED) is 0.486. The van der Waals surface area contributed by atoms with E-state index in [1.165, 1.54) is 12.8 Å². The predicted octanol–water partition coefficient (Wildman–Crippen LogP) is 1.93. The molecule has 3 nitrogen and oxygen atoms in total. The van der Waals surface area contributed by atoms with E-state index in [9.17, 15) is 0 Å². The fourth-order valence-corrected chi connectivity index (χ4v) is 1.76. The van der Waals surface area contributed by atoms with E-state index >= 15 is 0 Å². The molecule has 0 spiro atoms. The lowest BCUT2D eigenvalue weighted by Gasteiger charge is -2.23. The van der Waals surface area contributed by atoms with E-state index in [-0.39, 0.29) is 5.92 Å². The molecule has 0 aliphatic heterocycles. The molecule has 0 amide bonds. The molecule has 0 rings (SSSR count). The molecule has 14 heavy (non-hydrogen) atoms. The lowest BCUT2D eigenvalue weighted by Crippen LogP contribution is -2.34. The van der Waals surface area contributed by atoms with Gasteiger partial charge in [0.05, 0.1) is 5.84 Å². The molecule has 0 heterocycles. The maximum atomic E-state index is 7.31. The summed E-state index contributed by atoms with van der Waals surface area (Å²) in [7, 11) is 2.10. The minimum atomic E-state index is 0.175. The highest BCUT2D eigenvalue weighted by molar-refractivity contribution is 5.79. The number of amidine groups is 1. The Hall–Kier alpha value is -0.570. The van der Waals surface area contributed by atoms with Crippen molar-refractivity contribution in [2.75, 3.05) is 20.1 Å². The number of nitrogens with two attached hydrogens (primary N) is 1. The van der Waals surface area contributed by atoms with Crippen LogP contribution in [-0.4, -0.2) is 30.9 Å². The van der Waals surface area contributed by atoms with Crippen molar-refractivity contribution in [2.45, 2.75) is 33.6 Å². The number of nitrogens with one attached hydrogen (secondary N) is 1. The van der Waals surface area contributed by atoms with Gasteiger partial charge in [0.2, 0.25) is 0 Å². The first kappa shape index (κ1) is 13.4. The van der Waals surface area contributed by atoms with Gasteiger partial charge in [-0.15, -0.1) is 0 Å². The maximum absolute atomic E-state index is 7.31. The van der Waals surface area contributed by atoms with E-state index in [2.05, 4.69) is 25.8 Å². The highest BCUT2D eigenvalue weighted by Gasteiger charge is 2.11. The van der Waals surface area contributed by atoms with Crippen LogP contribution in [0.3, 0.4) is 0 Å². The number of rotatable bonds is 7. The lowest BCUT2D eigenvalue weighted by atomic mass is 10.0. The van der Waals surface area contributed by atoms with Crippen molar-refractivity contribution < 1.29 is 0 Å². The van der Waals surface area contributed by atoms with Crippen LogP contribution in [0.1, 0.15) is 33.6 Å². The summed E-state index contributed by atoms with van der Waals surface area (Å²) in [5.41, 5.74) is 5.43. The molecule has 3 N–H and O–H groups in total. The van der Waals surface area contributed by atoms with Gasteiger partial charge in [0.1, 0.15) is 0 Å². The molecule has 0 saturated heterocycles. The second-order valence-electron chi connectivity index (χ2n) is 4.47. The topological polar surface area (TPSA) is 53.1 Å². The molecule has 0 aromatic carbocycles. The van der Waals surface area contributed by atoms with Crippen molar-refractivity contribution >= 4 is 5.84 Å². The van der Waals surface area contributed by atoms with Gasteiger partial charge in [-0.3, -0.25) is 5.41 Å². The van der Waals surface area contributed by atoms with Crippen LogP contribution in [0.2, 0.25) is 0 Å².